The van der Waals surface area contributed by atoms with Crippen LogP contribution in [0.15, 0.2) is 47.3 Å². The zero-order valence-corrected chi connectivity index (χ0v) is 17.0. The van der Waals surface area contributed by atoms with E-state index in [0.29, 0.717) is 17.4 Å². The Kier molecular flexibility index (Phi) is 5.62. The second-order valence-electron chi connectivity index (χ2n) is 7.84. The van der Waals surface area contributed by atoms with E-state index in [1.165, 1.54) is 19.3 Å². The van der Waals surface area contributed by atoms with Gasteiger partial charge in [-0.05, 0) is 36.6 Å². The first-order chi connectivity index (χ1) is 14.9. The van der Waals surface area contributed by atoms with E-state index in [-0.39, 0.29) is 17.1 Å². The number of benzene rings is 2. The van der Waals surface area contributed by atoms with Crippen LogP contribution in [-0.4, -0.2) is 27.1 Å². The normalized spacial score (nSPS) is 14.3. The second-order valence-corrected chi connectivity index (χ2v) is 7.84. The smallest absolute Gasteiger partial charge is 0.335 e. The third kappa shape index (κ3) is 4.37. The predicted octanol–water partition coefficient (Wildman–Crippen LogP) is 3.71. The number of nitrogens with one attached hydrogen (secondary N) is 2. The molecule has 1 aliphatic rings. The molecule has 0 unspecified atom stereocenters. The van der Waals surface area contributed by atoms with Gasteiger partial charge in [-0.2, -0.15) is 0 Å². The Balaban J connectivity index is 1.77. The van der Waals surface area contributed by atoms with Gasteiger partial charge in [0.15, 0.2) is 5.82 Å². The van der Waals surface area contributed by atoms with Crippen LogP contribution in [-0.2, 0) is 0 Å². The van der Waals surface area contributed by atoms with E-state index in [0.717, 1.165) is 29.7 Å². The van der Waals surface area contributed by atoms with Crippen molar-refractivity contribution in [1.82, 2.24) is 9.97 Å². The number of nitrogens with zero attached hydrogens (tertiary/aromatic N) is 1. The van der Waals surface area contributed by atoms with Gasteiger partial charge < -0.3 is 26.9 Å². The Labute approximate surface area is 179 Å². The summed E-state index contributed by atoms with van der Waals surface area (Å²) >= 11 is 0. The minimum atomic E-state index is -0.960. The predicted molar refractivity (Wildman–Crippen MR) is 122 cm³/mol. The van der Waals surface area contributed by atoms with E-state index < -0.39 is 11.5 Å². The minimum absolute atomic E-state index is 0.00567. The Morgan fingerprint density at radius 2 is 1.71 bits per heavy atom. The molecule has 0 bridgehead atoms. The monoisotopic (exact) mass is 419 g/mol. The van der Waals surface area contributed by atoms with E-state index >= 15 is 0 Å². The number of hydrogen-bond donors (Lipinski definition) is 5. The molecule has 0 saturated heterocycles. The van der Waals surface area contributed by atoms with Crippen LogP contribution in [0.2, 0.25) is 0 Å². The van der Waals surface area contributed by atoms with Gasteiger partial charge >= 0.3 is 5.97 Å². The molecular formula is C23H25N5O3. The molecule has 2 aromatic carbocycles. The topological polar surface area (TPSA) is 147 Å². The Bertz CT molecular complexity index is 1160. The Hall–Kier alpha value is -3.81. The van der Waals surface area contributed by atoms with Gasteiger partial charge in [0.2, 0.25) is 0 Å². The molecule has 160 valence electrons. The van der Waals surface area contributed by atoms with Gasteiger partial charge in [-0.25, -0.2) is 9.78 Å². The van der Waals surface area contributed by atoms with Crippen LogP contribution in [0.4, 0.5) is 17.2 Å². The van der Waals surface area contributed by atoms with Crippen LogP contribution in [0.1, 0.15) is 42.5 Å². The zero-order chi connectivity index (χ0) is 22.0. The highest BCUT2D eigenvalue weighted by atomic mass is 16.4. The van der Waals surface area contributed by atoms with Crippen molar-refractivity contribution in [2.24, 2.45) is 0 Å². The molecule has 0 spiro atoms. The van der Waals surface area contributed by atoms with Crippen molar-refractivity contribution >= 4 is 23.2 Å². The average molecular weight is 419 g/mol. The molecule has 1 aromatic heterocycles. The summed E-state index contributed by atoms with van der Waals surface area (Å²) in [4.78, 5) is 30.1. The number of anilines is 3. The average Bonchev–Trinajstić information content (AvgIpc) is 2.78. The number of carboxylic acid groups (broad SMARTS) is 1. The number of carbonyl (C=O) groups is 1. The molecule has 4 rings (SSSR count). The lowest BCUT2D eigenvalue weighted by Crippen LogP contribution is -2.22. The van der Waals surface area contributed by atoms with Gasteiger partial charge in [0.1, 0.15) is 11.5 Å². The molecule has 8 nitrogen and oxygen atoms in total. The number of nitrogens with two attached hydrogens (primary N) is 2. The van der Waals surface area contributed by atoms with Crippen LogP contribution < -0.4 is 22.3 Å². The van der Waals surface area contributed by atoms with Crippen molar-refractivity contribution in [3.63, 3.8) is 0 Å². The zero-order valence-electron chi connectivity index (χ0n) is 17.0. The first-order valence-electron chi connectivity index (χ1n) is 10.3. The lowest BCUT2D eigenvalue weighted by molar-refractivity contribution is 0.0697. The third-order valence-corrected chi connectivity index (χ3v) is 5.69. The van der Waals surface area contributed by atoms with Gasteiger partial charge in [-0.3, -0.25) is 4.79 Å². The fourth-order valence-corrected chi connectivity index (χ4v) is 3.96. The fourth-order valence-electron chi connectivity index (χ4n) is 3.96. The molecule has 8 heteroatoms. The van der Waals surface area contributed by atoms with Crippen LogP contribution in [0, 0.1) is 0 Å². The van der Waals surface area contributed by atoms with Crippen LogP contribution in [0.5, 0.6) is 0 Å². The first kappa shape index (κ1) is 20.5. The van der Waals surface area contributed by atoms with E-state index in [4.69, 9.17) is 11.5 Å². The van der Waals surface area contributed by atoms with E-state index in [2.05, 4.69) is 15.3 Å². The summed E-state index contributed by atoms with van der Waals surface area (Å²) in [6.07, 6.45) is 5.79. The van der Waals surface area contributed by atoms with Gasteiger partial charge in [-0.15, -0.1) is 0 Å². The Morgan fingerprint density at radius 3 is 2.35 bits per heavy atom. The van der Waals surface area contributed by atoms with Crippen molar-refractivity contribution in [2.45, 2.75) is 38.1 Å². The van der Waals surface area contributed by atoms with Crippen molar-refractivity contribution in [1.29, 1.82) is 0 Å². The van der Waals surface area contributed by atoms with Crippen molar-refractivity contribution in [3.8, 4) is 22.5 Å². The molecule has 0 aliphatic heterocycles. The molecule has 0 amide bonds. The van der Waals surface area contributed by atoms with E-state index in [9.17, 15) is 14.7 Å². The lowest BCUT2D eigenvalue weighted by Gasteiger charge is -2.25. The second kappa shape index (κ2) is 8.51. The standard InChI is InChI=1S/C23H25N5O3/c24-19-20(25)27-21(28-22(19)29)15-10-11-17(13-6-8-14(9-7-13)23(30)31)18(12-15)26-16-4-2-1-3-5-16/h6-12,16,26H,1-5,24H2,(H,30,31)(H3,25,27,28,29). The molecule has 0 radical (unpaired) electrons. The van der Waals surface area contributed by atoms with E-state index in [1.807, 2.05) is 18.2 Å². The number of rotatable bonds is 5. The molecule has 1 aliphatic carbocycles. The summed E-state index contributed by atoms with van der Waals surface area (Å²) in [5, 5.41) is 12.8. The third-order valence-electron chi connectivity index (χ3n) is 5.69. The summed E-state index contributed by atoms with van der Waals surface area (Å²) in [6.45, 7) is 0. The summed E-state index contributed by atoms with van der Waals surface area (Å²) in [5.41, 5.74) is 14.5. The summed E-state index contributed by atoms with van der Waals surface area (Å²) < 4.78 is 0. The number of aromatic carboxylic acids is 1. The number of aromatic nitrogens is 2. The van der Waals surface area contributed by atoms with Crippen LogP contribution in [0.25, 0.3) is 22.5 Å². The number of H-pyrrole nitrogens is 1. The maximum atomic E-state index is 12.0. The quantitative estimate of drug-likeness (QED) is 0.423. The highest BCUT2D eigenvalue weighted by molar-refractivity contribution is 5.89. The van der Waals surface area contributed by atoms with Crippen molar-refractivity contribution in [3.05, 3.63) is 58.4 Å². The van der Waals surface area contributed by atoms with Gasteiger partial charge in [0, 0.05) is 22.9 Å². The van der Waals surface area contributed by atoms with Crippen LogP contribution in [0.3, 0.4) is 0 Å². The largest absolute Gasteiger partial charge is 0.478 e. The number of carboxylic acids is 1. The van der Waals surface area contributed by atoms with Crippen molar-refractivity contribution < 1.29 is 9.90 Å². The molecule has 3 aromatic rings. The first-order valence-corrected chi connectivity index (χ1v) is 10.3. The molecular weight excluding hydrogens is 394 g/mol. The molecule has 1 fully saturated rings. The van der Waals surface area contributed by atoms with Gasteiger partial charge in [0.25, 0.3) is 5.56 Å². The summed E-state index contributed by atoms with van der Waals surface area (Å²) in [7, 11) is 0. The molecule has 1 saturated carbocycles. The van der Waals surface area contributed by atoms with Crippen LogP contribution >= 0.6 is 0 Å². The summed E-state index contributed by atoms with van der Waals surface area (Å²) in [5.74, 6) is -0.622. The maximum absolute atomic E-state index is 12.0. The minimum Gasteiger partial charge on any atom is -0.478 e. The maximum Gasteiger partial charge on any atom is 0.335 e. The van der Waals surface area contributed by atoms with Crippen molar-refractivity contribution in [2.75, 3.05) is 16.8 Å². The summed E-state index contributed by atoms with van der Waals surface area (Å²) in [6, 6.07) is 12.8. The number of aromatic amines is 1. The number of nitrogen functional groups attached to an aromatic ring is 2. The fraction of sp³-hybridized carbons (Fsp3) is 0.261. The van der Waals surface area contributed by atoms with Gasteiger partial charge in [0.05, 0.1) is 5.56 Å². The SMILES string of the molecule is Nc1nc(-c2ccc(-c3ccc(C(=O)O)cc3)c(NC3CCCCC3)c2)[nH]c(=O)c1N. The molecule has 0 atom stereocenters. The highest BCUT2D eigenvalue weighted by Gasteiger charge is 2.17. The highest BCUT2D eigenvalue weighted by Crippen LogP contribution is 2.34. The van der Waals surface area contributed by atoms with E-state index in [1.54, 1.807) is 24.3 Å². The molecule has 7 N–H and O–H groups in total. The number of hydrogen-bond acceptors (Lipinski definition) is 6. The lowest BCUT2D eigenvalue weighted by atomic mass is 9.94. The molecule has 31 heavy (non-hydrogen) atoms. The Morgan fingerprint density at radius 1 is 1.03 bits per heavy atom. The van der Waals surface area contributed by atoms with Gasteiger partial charge in [-0.1, -0.05) is 43.5 Å². The molecule has 1 heterocycles.